The molecule has 0 aliphatic rings. The fourth-order valence-corrected chi connectivity index (χ4v) is 4.53. The first-order chi connectivity index (χ1) is 15.3. The summed E-state index contributed by atoms with van der Waals surface area (Å²) < 4.78 is 33.2. The van der Waals surface area contributed by atoms with Gasteiger partial charge in [0.05, 0.1) is 36.0 Å². The Hall–Kier alpha value is -2.75. The second-order valence-electron chi connectivity index (χ2n) is 7.73. The van der Waals surface area contributed by atoms with Crippen molar-refractivity contribution in [2.24, 2.45) is 0 Å². The average Bonchev–Trinajstić information content (AvgIpc) is 3.13. The minimum atomic E-state index is -3.54. The predicted octanol–water partition coefficient (Wildman–Crippen LogP) is 2.87. The maximum Gasteiger partial charge on any atom is 0.306 e. The lowest BCUT2D eigenvalue weighted by Crippen LogP contribution is -2.27. The van der Waals surface area contributed by atoms with Gasteiger partial charge >= 0.3 is 5.97 Å². The zero-order valence-electron chi connectivity index (χ0n) is 19.0. The highest BCUT2D eigenvalue weighted by atomic mass is 32.2. The van der Waals surface area contributed by atoms with E-state index in [4.69, 9.17) is 9.72 Å². The Morgan fingerprint density at radius 3 is 2.44 bits per heavy atom. The Balaban J connectivity index is 1.94. The summed E-state index contributed by atoms with van der Waals surface area (Å²) in [5.74, 6) is 0.563. The van der Waals surface area contributed by atoms with Crippen molar-refractivity contribution >= 4 is 27.0 Å². The van der Waals surface area contributed by atoms with Crippen LogP contribution >= 0.6 is 0 Å². The van der Waals surface area contributed by atoms with Gasteiger partial charge in [0.1, 0.15) is 5.82 Å². The number of carbonyl (C=O) groups excluding carboxylic acids is 1. The van der Waals surface area contributed by atoms with E-state index in [1.54, 1.807) is 12.1 Å². The Kier molecular flexibility index (Phi) is 7.65. The molecule has 0 unspecified atom stereocenters. The number of hydrogen-bond donors (Lipinski definition) is 0. The summed E-state index contributed by atoms with van der Waals surface area (Å²) in [4.78, 5) is 18.9. The summed E-state index contributed by atoms with van der Waals surface area (Å²) in [6.07, 6.45) is 0.279. The molecule has 0 aliphatic carbocycles. The van der Waals surface area contributed by atoms with E-state index < -0.39 is 10.0 Å². The number of sulfonamides is 1. The monoisotopic (exact) mass is 458 g/mol. The molecule has 0 saturated carbocycles. The molecule has 9 heteroatoms. The highest BCUT2D eigenvalue weighted by Gasteiger charge is 2.20. The van der Waals surface area contributed by atoms with Crippen LogP contribution in [-0.2, 0) is 39.2 Å². The molecule has 0 saturated heterocycles. The second kappa shape index (κ2) is 10.2. The van der Waals surface area contributed by atoms with Crippen molar-refractivity contribution in [3.8, 4) is 0 Å². The minimum Gasteiger partial charge on any atom is -0.469 e. The minimum absolute atomic E-state index is 0.217. The molecule has 0 N–H and O–H groups in total. The summed E-state index contributed by atoms with van der Waals surface area (Å²) in [7, 11) is 0.872. The van der Waals surface area contributed by atoms with Gasteiger partial charge in [-0.2, -0.15) is 0 Å². The third kappa shape index (κ3) is 5.35. The fraction of sp³-hybridized carbons (Fsp3) is 0.391. The SMILES string of the molecule is CCn1c(CN(CCC(=O)OC)Cc2ccccc2)nc2cc(S(=O)(=O)N(C)C)ccc21. The lowest BCUT2D eigenvalue weighted by Gasteiger charge is -2.22. The van der Waals surface area contributed by atoms with Gasteiger partial charge in [-0.05, 0) is 30.7 Å². The van der Waals surface area contributed by atoms with Gasteiger partial charge in [0, 0.05) is 33.7 Å². The maximum atomic E-state index is 12.5. The third-order valence-electron chi connectivity index (χ3n) is 5.37. The number of aryl methyl sites for hydroxylation is 1. The van der Waals surface area contributed by atoms with Gasteiger partial charge in [-0.15, -0.1) is 0 Å². The van der Waals surface area contributed by atoms with Crippen LogP contribution in [0.15, 0.2) is 53.4 Å². The van der Waals surface area contributed by atoms with Gasteiger partial charge in [-0.3, -0.25) is 9.69 Å². The van der Waals surface area contributed by atoms with E-state index in [9.17, 15) is 13.2 Å². The molecule has 32 heavy (non-hydrogen) atoms. The molecule has 3 rings (SSSR count). The standard InChI is InChI=1S/C23H30N4O4S/c1-5-27-21-12-11-19(32(29,30)25(2)3)15-20(21)24-22(27)17-26(14-13-23(28)31-4)16-18-9-7-6-8-10-18/h6-12,15H,5,13-14,16-17H2,1-4H3. The predicted molar refractivity (Wildman–Crippen MR) is 123 cm³/mol. The molecule has 0 fully saturated rings. The smallest absolute Gasteiger partial charge is 0.306 e. The van der Waals surface area contributed by atoms with Gasteiger partial charge in [0.15, 0.2) is 0 Å². The number of nitrogens with zero attached hydrogens (tertiary/aromatic N) is 4. The molecule has 3 aromatic rings. The first kappa shape index (κ1) is 23.9. The van der Waals surface area contributed by atoms with Crippen LogP contribution in [0, 0.1) is 0 Å². The van der Waals surface area contributed by atoms with Crippen LogP contribution in [0.1, 0.15) is 24.7 Å². The summed E-state index contributed by atoms with van der Waals surface area (Å²) >= 11 is 0. The Morgan fingerprint density at radius 2 is 1.81 bits per heavy atom. The Labute approximate surface area is 189 Å². The number of aromatic nitrogens is 2. The van der Waals surface area contributed by atoms with Crippen molar-refractivity contribution < 1.29 is 17.9 Å². The van der Waals surface area contributed by atoms with Gasteiger partial charge in [-0.1, -0.05) is 30.3 Å². The van der Waals surface area contributed by atoms with Crippen LogP contribution < -0.4 is 0 Å². The fourth-order valence-electron chi connectivity index (χ4n) is 3.61. The second-order valence-corrected chi connectivity index (χ2v) is 9.88. The van der Waals surface area contributed by atoms with Crippen molar-refractivity contribution in [3.63, 3.8) is 0 Å². The number of fused-ring (bicyclic) bond motifs is 1. The van der Waals surface area contributed by atoms with Gasteiger partial charge < -0.3 is 9.30 Å². The molecule has 1 aromatic heterocycles. The van der Waals surface area contributed by atoms with E-state index in [0.29, 0.717) is 31.7 Å². The van der Waals surface area contributed by atoms with Crippen LogP contribution in [0.3, 0.4) is 0 Å². The molecule has 172 valence electrons. The number of benzene rings is 2. The summed E-state index contributed by atoms with van der Waals surface area (Å²) in [5, 5.41) is 0. The number of methoxy groups -OCH3 is 1. The first-order valence-electron chi connectivity index (χ1n) is 10.5. The van der Waals surface area contributed by atoms with Gasteiger partial charge in [0.25, 0.3) is 0 Å². The molecule has 0 aliphatic heterocycles. The topological polar surface area (TPSA) is 84.7 Å². The first-order valence-corrected chi connectivity index (χ1v) is 11.9. The third-order valence-corrected chi connectivity index (χ3v) is 7.18. The Bertz CT molecular complexity index is 1170. The van der Waals surface area contributed by atoms with Crippen molar-refractivity contribution in [3.05, 3.63) is 59.9 Å². The van der Waals surface area contributed by atoms with Crippen LogP contribution in [-0.4, -0.2) is 60.9 Å². The maximum absolute atomic E-state index is 12.5. The average molecular weight is 459 g/mol. The highest BCUT2D eigenvalue weighted by Crippen LogP contribution is 2.23. The molecule has 0 spiro atoms. The quantitative estimate of drug-likeness (QED) is 0.435. The number of imidazole rings is 1. The van der Waals surface area contributed by atoms with E-state index in [0.717, 1.165) is 16.9 Å². The number of hydrogen-bond acceptors (Lipinski definition) is 6. The molecule has 2 aromatic carbocycles. The van der Waals surface area contributed by atoms with Crippen molar-refractivity contribution in [2.45, 2.75) is 37.9 Å². The van der Waals surface area contributed by atoms with Gasteiger partial charge in [-0.25, -0.2) is 17.7 Å². The lowest BCUT2D eigenvalue weighted by molar-refractivity contribution is -0.141. The van der Waals surface area contributed by atoms with Gasteiger partial charge in [0.2, 0.25) is 10.0 Å². The Morgan fingerprint density at radius 1 is 1.09 bits per heavy atom. The molecular weight excluding hydrogens is 428 g/mol. The molecule has 0 amide bonds. The molecule has 1 heterocycles. The molecule has 0 radical (unpaired) electrons. The zero-order chi connectivity index (χ0) is 23.3. The lowest BCUT2D eigenvalue weighted by atomic mass is 10.2. The highest BCUT2D eigenvalue weighted by molar-refractivity contribution is 7.89. The largest absolute Gasteiger partial charge is 0.469 e. The number of esters is 1. The van der Waals surface area contributed by atoms with Crippen LogP contribution in [0.2, 0.25) is 0 Å². The van der Waals surface area contributed by atoms with Crippen LogP contribution in [0.4, 0.5) is 0 Å². The summed E-state index contributed by atoms with van der Waals surface area (Å²) in [6, 6.07) is 15.1. The number of ether oxygens (including phenoxy) is 1. The van der Waals surface area contributed by atoms with E-state index in [-0.39, 0.29) is 17.3 Å². The van der Waals surface area contributed by atoms with Crippen molar-refractivity contribution in [2.75, 3.05) is 27.7 Å². The van der Waals surface area contributed by atoms with Crippen LogP contribution in [0.5, 0.6) is 0 Å². The van der Waals surface area contributed by atoms with E-state index in [2.05, 4.69) is 9.47 Å². The van der Waals surface area contributed by atoms with E-state index >= 15 is 0 Å². The van der Waals surface area contributed by atoms with E-state index in [1.165, 1.54) is 25.5 Å². The molecule has 0 bridgehead atoms. The molecule has 8 nitrogen and oxygen atoms in total. The van der Waals surface area contributed by atoms with E-state index in [1.807, 2.05) is 43.3 Å². The number of carbonyl (C=O) groups is 1. The molecule has 0 atom stereocenters. The zero-order valence-corrected chi connectivity index (χ0v) is 19.8. The van der Waals surface area contributed by atoms with Crippen molar-refractivity contribution in [1.82, 2.24) is 18.8 Å². The summed E-state index contributed by atoms with van der Waals surface area (Å²) in [5.41, 5.74) is 2.65. The number of rotatable bonds is 10. The van der Waals surface area contributed by atoms with Crippen LogP contribution in [0.25, 0.3) is 11.0 Å². The summed E-state index contributed by atoms with van der Waals surface area (Å²) in [6.45, 7) is 4.43. The van der Waals surface area contributed by atoms with Crippen molar-refractivity contribution in [1.29, 1.82) is 0 Å². The molecular formula is C23H30N4O4S. The normalized spacial score (nSPS) is 12.1.